The quantitative estimate of drug-likeness (QED) is 0.585. The molecular weight excluding hydrogens is 209 g/mol. The molecule has 1 N–H and O–H groups in total. The van der Waals surface area contributed by atoms with E-state index in [0.29, 0.717) is 4.70 Å². The number of thiophene rings is 1. The van der Waals surface area contributed by atoms with Crippen molar-refractivity contribution in [2.24, 2.45) is 0 Å². The number of hydrogen-bond acceptors (Lipinski definition) is 4. The van der Waals surface area contributed by atoms with Crippen LogP contribution < -0.4 is 0 Å². The molecule has 1 heterocycles. The topological polar surface area (TPSA) is 63.4 Å². The van der Waals surface area contributed by atoms with Gasteiger partial charge in [-0.15, -0.1) is 11.3 Å². The number of rotatable bonds is 1. The van der Waals surface area contributed by atoms with Gasteiger partial charge in [-0.25, -0.2) is 0 Å². The van der Waals surface area contributed by atoms with Gasteiger partial charge < -0.3 is 5.11 Å². The van der Waals surface area contributed by atoms with E-state index in [1.807, 2.05) is 0 Å². The smallest absolute Gasteiger partial charge is 0.270 e. The summed E-state index contributed by atoms with van der Waals surface area (Å²) in [5.74, 6) is -0.520. The lowest BCUT2D eigenvalue weighted by atomic mass is 10.2. The minimum Gasteiger partial charge on any atom is -0.504 e. The Morgan fingerprint density at radius 3 is 2.86 bits per heavy atom. The Labute approximate surface area is 81.4 Å². The maximum absolute atomic E-state index is 12.9. The predicted molar refractivity (Wildman–Crippen MR) is 50.1 cm³/mol. The molecule has 6 heteroatoms. The first-order valence-electron chi connectivity index (χ1n) is 3.65. The van der Waals surface area contributed by atoms with Crippen LogP contribution in [0.4, 0.5) is 10.1 Å². The van der Waals surface area contributed by atoms with Gasteiger partial charge in [-0.05, 0) is 6.07 Å². The summed E-state index contributed by atoms with van der Waals surface area (Å²) in [6.07, 6.45) is 0. The Hall–Kier alpha value is -1.69. The van der Waals surface area contributed by atoms with Crippen LogP contribution in [0.5, 0.6) is 5.75 Å². The van der Waals surface area contributed by atoms with E-state index in [4.69, 9.17) is 0 Å². The van der Waals surface area contributed by atoms with Gasteiger partial charge in [0.25, 0.3) is 5.69 Å². The summed E-state index contributed by atoms with van der Waals surface area (Å²) in [5, 5.41) is 19.1. The zero-order valence-electron chi connectivity index (χ0n) is 6.73. The third-order valence-corrected chi connectivity index (χ3v) is 2.76. The summed E-state index contributed by atoms with van der Waals surface area (Å²) >= 11 is 0.760. The van der Waals surface area contributed by atoms with Crippen molar-refractivity contribution in [1.29, 1.82) is 0 Å². The fraction of sp³-hybridized carbons (Fsp3) is 0. The van der Waals surface area contributed by atoms with Gasteiger partial charge in [0.05, 0.1) is 4.92 Å². The third kappa shape index (κ3) is 1.20. The van der Waals surface area contributed by atoms with Gasteiger partial charge in [-0.2, -0.15) is 4.39 Å². The van der Waals surface area contributed by atoms with Gasteiger partial charge in [0.2, 0.25) is 5.13 Å². The number of nitro benzene ring substituents is 1. The average molecular weight is 213 g/mol. The molecule has 2 aromatic rings. The molecule has 2 rings (SSSR count). The standard InChI is InChI=1S/C8H4FNO3S/c9-8-7(11)5-3-4(10(12)13)1-2-6(5)14-8/h1-3,11H. The average Bonchev–Trinajstić information content (AvgIpc) is 2.43. The lowest BCUT2D eigenvalue weighted by Crippen LogP contribution is -1.85. The minimum absolute atomic E-state index is 0.161. The zero-order valence-corrected chi connectivity index (χ0v) is 7.55. The van der Waals surface area contributed by atoms with E-state index in [2.05, 4.69) is 0 Å². The minimum atomic E-state index is -0.722. The normalized spacial score (nSPS) is 10.6. The van der Waals surface area contributed by atoms with Crippen LogP contribution in [0.2, 0.25) is 0 Å². The first-order chi connectivity index (χ1) is 6.59. The molecule has 72 valence electrons. The molecule has 0 unspecified atom stereocenters. The number of halogens is 1. The summed E-state index contributed by atoms with van der Waals surface area (Å²) < 4.78 is 13.4. The van der Waals surface area contributed by atoms with E-state index in [-0.39, 0.29) is 11.1 Å². The Bertz CT molecular complexity index is 523. The number of non-ortho nitro benzene ring substituents is 1. The molecule has 1 aromatic heterocycles. The second-order valence-corrected chi connectivity index (χ2v) is 3.66. The Balaban J connectivity index is 2.76. The molecule has 0 bridgehead atoms. The van der Waals surface area contributed by atoms with E-state index < -0.39 is 15.8 Å². The highest BCUT2D eigenvalue weighted by Gasteiger charge is 2.14. The largest absolute Gasteiger partial charge is 0.504 e. The molecule has 0 aliphatic heterocycles. The van der Waals surface area contributed by atoms with Crippen molar-refractivity contribution in [3.63, 3.8) is 0 Å². The van der Waals surface area contributed by atoms with E-state index in [0.717, 1.165) is 17.4 Å². The van der Waals surface area contributed by atoms with Crippen LogP contribution >= 0.6 is 11.3 Å². The van der Waals surface area contributed by atoms with Gasteiger partial charge in [0, 0.05) is 22.2 Å². The Morgan fingerprint density at radius 2 is 2.21 bits per heavy atom. The van der Waals surface area contributed by atoms with Crippen molar-refractivity contribution in [3.8, 4) is 5.75 Å². The highest BCUT2D eigenvalue weighted by Crippen LogP contribution is 2.36. The third-order valence-electron chi connectivity index (χ3n) is 1.81. The summed E-state index contributed by atoms with van der Waals surface area (Å²) in [4.78, 5) is 9.81. The maximum Gasteiger partial charge on any atom is 0.270 e. The second-order valence-electron chi connectivity index (χ2n) is 2.66. The van der Waals surface area contributed by atoms with E-state index >= 15 is 0 Å². The summed E-state index contributed by atoms with van der Waals surface area (Å²) in [6, 6.07) is 3.85. The molecule has 0 fully saturated rings. The van der Waals surface area contributed by atoms with Gasteiger partial charge in [-0.3, -0.25) is 10.1 Å². The molecule has 0 spiro atoms. The van der Waals surface area contributed by atoms with Crippen LogP contribution in [-0.4, -0.2) is 10.0 Å². The van der Waals surface area contributed by atoms with E-state index in [9.17, 15) is 19.6 Å². The molecule has 4 nitrogen and oxygen atoms in total. The molecule has 0 radical (unpaired) electrons. The molecule has 0 aliphatic carbocycles. The van der Waals surface area contributed by atoms with Crippen LogP contribution in [0.3, 0.4) is 0 Å². The second kappa shape index (κ2) is 2.91. The molecule has 0 saturated carbocycles. The molecule has 0 saturated heterocycles. The molecule has 0 atom stereocenters. The fourth-order valence-corrected chi connectivity index (χ4v) is 1.96. The maximum atomic E-state index is 12.9. The van der Waals surface area contributed by atoms with Gasteiger partial charge in [0.1, 0.15) is 0 Å². The number of aromatic hydroxyl groups is 1. The van der Waals surface area contributed by atoms with Crippen LogP contribution in [0.15, 0.2) is 18.2 Å². The van der Waals surface area contributed by atoms with Gasteiger partial charge in [0.15, 0.2) is 5.75 Å². The molecule has 0 amide bonds. The van der Waals surface area contributed by atoms with E-state index in [1.54, 1.807) is 0 Å². The zero-order chi connectivity index (χ0) is 10.3. The summed E-state index contributed by atoms with van der Waals surface area (Å²) in [7, 11) is 0. The van der Waals surface area contributed by atoms with Crippen molar-refractivity contribution in [3.05, 3.63) is 33.4 Å². The van der Waals surface area contributed by atoms with Crippen molar-refractivity contribution >= 4 is 27.1 Å². The highest BCUT2D eigenvalue weighted by molar-refractivity contribution is 7.17. The van der Waals surface area contributed by atoms with Crippen molar-refractivity contribution in [2.75, 3.05) is 0 Å². The van der Waals surface area contributed by atoms with Crippen molar-refractivity contribution < 1.29 is 14.4 Å². The van der Waals surface area contributed by atoms with Crippen LogP contribution in [0.25, 0.3) is 10.1 Å². The van der Waals surface area contributed by atoms with E-state index in [1.165, 1.54) is 12.1 Å². The first kappa shape index (κ1) is 8.89. The molecule has 0 aliphatic rings. The van der Waals surface area contributed by atoms with Crippen LogP contribution in [0.1, 0.15) is 0 Å². The highest BCUT2D eigenvalue weighted by atomic mass is 32.1. The lowest BCUT2D eigenvalue weighted by Gasteiger charge is -1.91. The predicted octanol–water partition coefficient (Wildman–Crippen LogP) is 2.65. The molecule has 14 heavy (non-hydrogen) atoms. The number of fused-ring (bicyclic) bond motifs is 1. The first-order valence-corrected chi connectivity index (χ1v) is 4.46. The fourth-order valence-electron chi connectivity index (χ4n) is 1.16. The van der Waals surface area contributed by atoms with Gasteiger partial charge >= 0.3 is 0 Å². The molecular formula is C8H4FNO3S. The lowest BCUT2D eigenvalue weighted by molar-refractivity contribution is -0.384. The number of nitro groups is 1. The number of nitrogens with zero attached hydrogens (tertiary/aromatic N) is 1. The molecule has 1 aromatic carbocycles. The summed E-state index contributed by atoms with van der Waals surface area (Å²) in [5.41, 5.74) is -0.161. The van der Waals surface area contributed by atoms with Gasteiger partial charge in [-0.1, -0.05) is 0 Å². The monoisotopic (exact) mass is 213 g/mol. The van der Waals surface area contributed by atoms with Crippen LogP contribution in [-0.2, 0) is 0 Å². The number of hydrogen-bond donors (Lipinski definition) is 1. The Kier molecular flexibility index (Phi) is 1.85. The Morgan fingerprint density at radius 1 is 1.50 bits per heavy atom. The number of benzene rings is 1. The van der Waals surface area contributed by atoms with Crippen molar-refractivity contribution in [2.45, 2.75) is 0 Å². The SMILES string of the molecule is O=[N+]([O-])c1ccc2sc(F)c(O)c2c1. The summed E-state index contributed by atoms with van der Waals surface area (Å²) in [6.45, 7) is 0. The van der Waals surface area contributed by atoms with Crippen molar-refractivity contribution in [1.82, 2.24) is 0 Å². The van der Waals surface area contributed by atoms with Crippen LogP contribution in [0, 0.1) is 15.2 Å².